The maximum atomic E-state index is 14.1. The molecule has 1 N–H and O–H groups in total. The molecule has 28 heavy (non-hydrogen) atoms. The van der Waals surface area contributed by atoms with E-state index in [1.165, 1.54) is 6.07 Å². The summed E-state index contributed by atoms with van der Waals surface area (Å²) in [6.07, 6.45) is -0.0579. The fraction of sp³-hybridized carbons (Fsp3) is 0.235. The van der Waals surface area contributed by atoms with Gasteiger partial charge < -0.3 is 5.32 Å². The summed E-state index contributed by atoms with van der Waals surface area (Å²) in [7, 11) is -7.51. The monoisotopic (exact) mass is 449 g/mol. The minimum Gasteiger partial charge on any atom is -0.322 e. The van der Waals surface area contributed by atoms with Gasteiger partial charge in [0.25, 0.3) is 5.91 Å². The van der Waals surface area contributed by atoms with Gasteiger partial charge in [-0.1, -0.05) is 11.6 Å². The van der Waals surface area contributed by atoms with Crippen molar-refractivity contribution in [2.45, 2.75) is 16.6 Å². The Kier molecular flexibility index (Phi) is 5.48. The summed E-state index contributed by atoms with van der Waals surface area (Å²) in [5.41, 5.74) is -0.465. The van der Waals surface area contributed by atoms with Gasteiger partial charge in [-0.15, -0.1) is 0 Å². The van der Waals surface area contributed by atoms with Crippen LogP contribution in [0.2, 0.25) is 5.02 Å². The highest BCUT2D eigenvalue weighted by Gasteiger charge is 2.38. The van der Waals surface area contributed by atoms with Crippen LogP contribution in [0.1, 0.15) is 16.8 Å². The van der Waals surface area contributed by atoms with Crippen molar-refractivity contribution in [1.82, 2.24) is 0 Å². The van der Waals surface area contributed by atoms with Crippen molar-refractivity contribution < 1.29 is 30.4 Å². The summed E-state index contributed by atoms with van der Waals surface area (Å²) < 4.78 is 75.8. The molecular formula is C17H14ClF2NO5S2. The van der Waals surface area contributed by atoms with Crippen LogP contribution in [0.3, 0.4) is 0 Å². The van der Waals surface area contributed by atoms with E-state index in [9.17, 15) is 30.4 Å². The molecule has 0 aromatic heterocycles. The Labute approximate surface area is 165 Å². The molecule has 0 spiro atoms. The van der Waals surface area contributed by atoms with Gasteiger partial charge in [-0.25, -0.2) is 25.6 Å². The summed E-state index contributed by atoms with van der Waals surface area (Å²) in [5, 5.41) is 0.911. The molecule has 2 aromatic carbocycles. The third kappa shape index (κ3) is 4.18. The number of sulfone groups is 2. The molecular weight excluding hydrogens is 436 g/mol. The largest absolute Gasteiger partial charge is 0.322 e. The average Bonchev–Trinajstić information content (AvgIpc) is 2.99. The predicted molar refractivity (Wildman–Crippen MR) is 100 cm³/mol. The Balaban J connectivity index is 1.90. The zero-order chi connectivity index (χ0) is 20.7. The topological polar surface area (TPSA) is 97.4 Å². The zero-order valence-electron chi connectivity index (χ0n) is 14.2. The molecule has 1 fully saturated rings. The molecule has 0 aliphatic carbocycles. The van der Waals surface area contributed by atoms with Crippen molar-refractivity contribution in [3.05, 3.63) is 58.6 Å². The second kappa shape index (κ2) is 7.41. The van der Waals surface area contributed by atoms with Crippen LogP contribution < -0.4 is 5.32 Å². The van der Waals surface area contributed by atoms with E-state index in [-0.39, 0.29) is 27.8 Å². The van der Waals surface area contributed by atoms with Crippen LogP contribution in [-0.2, 0) is 19.7 Å². The molecule has 2 aromatic rings. The van der Waals surface area contributed by atoms with E-state index in [1.807, 2.05) is 0 Å². The van der Waals surface area contributed by atoms with Gasteiger partial charge >= 0.3 is 0 Å². The molecule has 0 saturated carbocycles. The molecule has 1 heterocycles. The van der Waals surface area contributed by atoms with Crippen molar-refractivity contribution in [3.8, 4) is 0 Å². The van der Waals surface area contributed by atoms with E-state index in [0.29, 0.717) is 0 Å². The minimum absolute atomic E-state index is 0.0579. The average molecular weight is 450 g/mol. The van der Waals surface area contributed by atoms with E-state index in [4.69, 9.17) is 11.6 Å². The summed E-state index contributed by atoms with van der Waals surface area (Å²) in [4.78, 5) is 12.0. The Morgan fingerprint density at radius 1 is 1.11 bits per heavy atom. The first kappa shape index (κ1) is 20.7. The minimum atomic E-state index is -4.06. The number of benzene rings is 2. The highest BCUT2D eigenvalue weighted by atomic mass is 35.5. The van der Waals surface area contributed by atoms with Crippen molar-refractivity contribution in [1.29, 1.82) is 0 Å². The van der Waals surface area contributed by atoms with E-state index >= 15 is 0 Å². The van der Waals surface area contributed by atoms with Gasteiger partial charge in [0.15, 0.2) is 19.7 Å². The molecule has 1 aliphatic heterocycles. The molecule has 0 radical (unpaired) electrons. The summed E-state index contributed by atoms with van der Waals surface area (Å²) in [5.74, 6) is -3.38. The van der Waals surface area contributed by atoms with E-state index < -0.39 is 53.8 Å². The van der Waals surface area contributed by atoms with Crippen LogP contribution >= 0.6 is 11.6 Å². The van der Waals surface area contributed by atoms with Gasteiger partial charge in [0.2, 0.25) is 0 Å². The number of carbonyl (C=O) groups excluding carboxylic acids is 1. The van der Waals surface area contributed by atoms with Gasteiger partial charge in [-0.2, -0.15) is 0 Å². The smallest absolute Gasteiger partial charge is 0.258 e. The van der Waals surface area contributed by atoms with Gasteiger partial charge in [0.1, 0.15) is 11.6 Å². The normalized spacial score (nSPS) is 18.8. The first-order chi connectivity index (χ1) is 13.0. The quantitative estimate of drug-likeness (QED) is 0.724. The van der Waals surface area contributed by atoms with Crippen molar-refractivity contribution in [2.24, 2.45) is 0 Å². The SMILES string of the molecule is O=C(Nc1ccc(F)c(Cl)c1)c1cc(S(=O)(=O)C2CCS(=O)(=O)C2)ccc1F. The van der Waals surface area contributed by atoms with Crippen LogP contribution in [0.15, 0.2) is 41.3 Å². The van der Waals surface area contributed by atoms with Crippen molar-refractivity contribution in [2.75, 3.05) is 16.8 Å². The van der Waals surface area contributed by atoms with Crippen molar-refractivity contribution >= 4 is 42.9 Å². The Bertz CT molecular complexity index is 1170. The number of carbonyl (C=O) groups is 1. The lowest BCUT2D eigenvalue weighted by molar-refractivity contribution is 0.102. The fourth-order valence-electron chi connectivity index (χ4n) is 2.83. The van der Waals surface area contributed by atoms with Crippen LogP contribution in [0, 0.1) is 11.6 Å². The van der Waals surface area contributed by atoms with Crippen LogP contribution in [0.4, 0.5) is 14.5 Å². The maximum absolute atomic E-state index is 14.1. The summed E-state index contributed by atoms with van der Waals surface area (Å²) in [6.45, 7) is 0. The Morgan fingerprint density at radius 2 is 1.79 bits per heavy atom. The van der Waals surface area contributed by atoms with Crippen LogP contribution in [0.5, 0.6) is 0 Å². The van der Waals surface area contributed by atoms with Crippen LogP contribution in [-0.4, -0.2) is 39.5 Å². The number of nitrogens with one attached hydrogen (secondary N) is 1. The maximum Gasteiger partial charge on any atom is 0.258 e. The second-order valence-electron chi connectivity index (χ2n) is 6.29. The molecule has 1 amide bonds. The molecule has 1 atom stereocenters. The second-order valence-corrected chi connectivity index (χ2v) is 11.2. The molecule has 11 heteroatoms. The van der Waals surface area contributed by atoms with Crippen molar-refractivity contribution in [3.63, 3.8) is 0 Å². The number of hydrogen-bond acceptors (Lipinski definition) is 5. The number of anilines is 1. The zero-order valence-corrected chi connectivity index (χ0v) is 16.5. The first-order valence-electron chi connectivity index (χ1n) is 8.00. The lowest BCUT2D eigenvalue weighted by Crippen LogP contribution is -2.23. The molecule has 3 rings (SSSR count). The predicted octanol–water partition coefficient (Wildman–Crippen LogP) is 2.83. The number of halogens is 3. The summed E-state index contributed by atoms with van der Waals surface area (Å²) in [6, 6.07) is 6.01. The van der Waals surface area contributed by atoms with Gasteiger partial charge in [0, 0.05) is 5.69 Å². The summed E-state index contributed by atoms with van der Waals surface area (Å²) >= 11 is 5.63. The highest BCUT2D eigenvalue weighted by Crippen LogP contribution is 2.27. The van der Waals surface area contributed by atoms with E-state index in [0.717, 1.165) is 30.3 Å². The molecule has 6 nitrogen and oxygen atoms in total. The Hall–Kier alpha value is -2.04. The third-order valence-corrected chi connectivity index (χ3v) is 8.78. The molecule has 150 valence electrons. The number of hydrogen-bond donors (Lipinski definition) is 1. The fourth-order valence-corrected chi connectivity index (χ4v) is 7.39. The first-order valence-corrected chi connectivity index (χ1v) is 11.7. The lowest BCUT2D eigenvalue weighted by atomic mass is 10.2. The van der Waals surface area contributed by atoms with E-state index in [1.54, 1.807) is 0 Å². The van der Waals surface area contributed by atoms with Gasteiger partial charge in [-0.05, 0) is 42.8 Å². The highest BCUT2D eigenvalue weighted by molar-refractivity contribution is 7.96. The molecule has 1 aliphatic rings. The van der Waals surface area contributed by atoms with Gasteiger partial charge in [0.05, 0.1) is 32.2 Å². The Morgan fingerprint density at radius 3 is 2.39 bits per heavy atom. The molecule has 1 unspecified atom stereocenters. The molecule has 0 bridgehead atoms. The third-order valence-electron chi connectivity index (χ3n) is 4.32. The number of rotatable bonds is 4. The van der Waals surface area contributed by atoms with E-state index in [2.05, 4.69) is 5.32 Å². The van der Waals surface area contributed by atoms with Gasteiger partial charge in [-0.3, -0.25) is 4.79 Å². The van der Waals surface area contributed by atoms with Crippen LogP contribution in [0.25, 0.3) is 0 Å². The number of amides is 1. The standard InChI is InChI=1S/C17H14ClF2NO5S2/c18-14-7-10(1-3-16(14)20)21-17(22)13-8-11(2-4-15(13)19)28(25,26)12-5-6-27(23,24)9-12/h1-4,7-8,12H,5-6,9H2,(H,21,22). The molecule has 1 saturated heterocycles. The lowest BCUT2D eigenvalue weighted by Gasteiger charge is -2.12.